The Morgan fingerprint density at radius 3 is 2.26 bits per heavy atom. The number of halogens is 1. The molecule has 1 saturated carbocycles. The van der Waals surface area contributed by atoms with Crippen LogP contribution in [0.5, 0.6) is 0 Å². The summed E-state index contributed by atoms with van der Waals surface area (Å²) < 4.78 is 25.1. The van der Waals surface area contributed by atoms with Crippen LogP contribution in [0.1, 0.15) is 32.1 Å². The Morgan fingerprint density at radius 2 is 1.65 bits per heavy atom. The minimum absolute atomic E-state index is 0.206. The lowest BCUT2D eigenvalue weighted by Gasteiger charge is -2.40. The van der Waals surface area contributed by atoms with Gasteiger partial charge in [-0.15, -0.1) is 0 Å². The minimum Gasteiger partial charge on any atom is -0.322 e. The Morgan fingerprint density at radius 1 is 1.04 bits per heavy atom. The first kappa shape index (κ1) is 16.6. The van der Waals surface area contributed by atoms with Crippen LogP contribution in [0.15, 0.2) is 24.3 Å². The van der Waals surface area contributed by atoms with Crippen molar-refractivity contribution in [3.63, 3.8) is 0 Å². The van der Waals surface area contributed by atoms with Crippen molar-refractivity contribution in [2.45, 2.75) is 42.6 Å². The maximum atomic E-state index is 12.6. The number of urea groups is 1. The number of hydrogen-bond donors (Lipinski definition) is 1. The maximum absolute atomic E-state index is 12.6. The quantitative estimate of drug-likeness (QED) is 0.903. The lowest BCUT2D eigenvalue weighted by atomic mass is 10.0. The fraction of sp³-hybridized carbons (Fsp3) is 0.562. The van der Waals surface area contributed by atoms with Crippen molar-refractivity contribution in [3.8, 4) is 0 Å². The molecule has 0 atom stereocenters. The number of sulfone groups is 1. The zero-order valence-corrected chi connectivity index (χ0v) is 14.4. The van der Waals surface area contributed by atoms with Gasteiger partial charge in [-0.05, 0) is 37.1 Å². The lowest BCUT2D eigenvalue weighted by molar-refractivity contribution is 0.182. The average Bonchev–Trinajstić information content (AvgIpc) is 2.49. The van der Waals surface area contributed by atoms with Crippen LogP contribution in [0.4, 0.5) is 10.5 Å². The number of carbonyl (C=O) groups is 1. The molecule has 1 aliphatic carbocycles. The molecule has 0 radical (unpaired) electrons. The van der Waals surface area contributed by atoms with Gasteiger partial charge in [-0.1, -0.05) is 30.9 Å². The molecule has 2 aliphatic rings. The fourth-order valence-electron chi connectivity index (χ4n) is 3.21. The van der Waals surface area contributed by atoms with Gasteiger partial charge in [0.2, 0.25) is 0 Å². The van der Waals surface area contributed by atoms with Gasteiger partial charge in [0.1, 0.15) is 0 Å². The van der Waals surface area contributed by atoms with Crippen LogP contribution in [-0.2, 0) is 9.84 Å². The molecule has 0 bridgehead atoms. The highest BCUT2D eigenvalue weighted by Gasteiger charge is 2.43. The highest BCUT2D eigenvalue weighted by molar-refractivity contribution is 7.92. The Labute approximate surface area is 141 Å². The molecule has 1 heterocycles. The van der Waals surface area contributed by atoms with Crippen LogP contribution < -0.4 is 5.32 Å². The summed E-state index contributed by atoms with van der Waals surface area (Å²) in [5, 5.41) is 2.75. The molecular formula is C16H21ClN2O3S. The van der Waals surface area contributed by atoms with Crippen LogP contribution in [0.2, 0.25) is 5.02 Å². The summed E-state index contributed by atoms with van der Waals surface area (Å²) in [6.07, 6.45) is 4.67. The standard InChI is InChI=1S/C16H21ClN2O3S/c17-12-6-8-13(9-7-12)18-16(20)19-10-15(11-19)23(21,22)14-4-2-1-3-5-14/h6-9,14-15H,1-5,10-11H2,(H,18,20). The summed E-state index contributed by atoms with van der Waals surface area (Å²) in [4.78, 5) is 13.7. The van der Waals surface area contributed by atoms with E-state index in [1.807, 2.05) is 0 Å². The van der Waals surface area contributed by atoms with Crippen molar-refractivity contribution in [3.05, 3.63) is 29.3 Å². The largest absolute Gasteiger partial charge is 0.322 e. The first-order chi connectivity index (χ1) is 11.0. The molecule has 2 fully saturated rings. The van der Waals surface area contributed by atoms with Crippen LogP contribution in [-0.4, -0.2) is 42.9 Å². The molecule has 0 aromatic heterocycles. The zero-order valence-electron chi connectivity index (χ0n) is 12.9. The van der Waals surface area contributed by atoms with Crippen LogP contribution in [0.3, 0.4) is 0 Å². The Kier molecular flexibility index (Phi) is 4.82. The topological polar surface area (TPSA) is 66.5 Å². The van der Waals surface area contributed by atoms with E-state index in [2.05, 4.69) is 5.32 Å². The summed E-state index contributed by atoms with van der Waals surface area (Å²) in [5.74, 6) is 0. The first-order valence-corrected chi connectivity index (χ1v) is 10.00. The number of rotatable bonds is 3. The summed E-state index contributed by atoms with van der Waals surface area (Å²) >= 11 is 5.80. The molecule has 7 heteroatoms. The van der Waals surface area contributed by atoms with Gasteiger partial charge in [-0.25, -0.2) is 13.2 Å². The zero-order chi connectivity index (χ0) is 16.4. The molecule has 1 N–H and O–H groups in total. The smallest absolute Gasteiger partial charge is 0.321 e. The van der Waals surface area contributed by atoms with Crippen molar-refractivity contribution in [2.24, 2.45) is 0 Å². The van der Waals surface area contributed by atoms with Gasteiger partial charge in [0, 0.05) is 23.8 Å². The van der Waals surface area contributed by atoms with Gasteiger partial charge in [-0.2, -0.15) is 0 Å². The lowest BCUT2D eigenvalue weighted by Crippen LogP contribution is -2.59. The minimum atomic E-state index is -3.11. The van der Waals surface area contributed by atoms with Gasteiger partial charge in [-0.3, -0.25) is 0 Å². The molecule has 126 valence electrons. The molecule has 0 unspecified atom stereocenters. The number of likely N-dealkylation sites (tertiary alicyclic amines) is 1. The average molecular weight is 357 g/mol. The monoisotopic (exact) mass is 356 g/mol. The third-order valence-electron chi connectivity index (χ3n) is 4.71. The molecule has 23 heavy (non-hydrogen) atoms. The van der Waals surface area contributed by atoms with Crippen LogP contribution in [0.25, 0.3) is 0 Å². The SMILES string of the molecule is O=C(Nc1ccc(Cl)cc1)N1CC(S(=O)(=O)C2CCCCC2)C1. The van der Waals surface area contributed by atoms with Gasteiger partial charge in [0.25, 0.3) is 0 Å². The van der Waals surface area contributed by atoms with E-state index in [0.717, 1.165) is 32.1 Å². The summed E-state index contributed by atoms with van der Waals surface area (Å²) in [7, 11) is -3.11. The Balaban J connectivity index is 1.53. The van der Waals surface area contributed by atoms with Crippen molar-refractivity contribution in [1.82, 2.24) is 4.90 Å². The molecule has 1 aromatic rings. The van der Waals surface area contributed by atoms with E-state index < -0.39 is 15.1 Å². The third kappa shape index (κ3) is 3.63. The van der Waals surface area contributed by atoms with Gasteiger partial charge in [0.05, 0.1) is 10.5 Å². The van der Waals surface area contributed by atoms with Gasteiger partial charge >= 0.3 is 6.03 Å². The Bertz CT molecular complexity index is 663. The van der Waals surface area contributed by atoms with Crippen molar-refractivity contribution >= 4 is 33.2 Å². The molecule has 3 rings (SSSR count). The number of benzene rings is 1. The number of nitrogens with zero attached hydrogens (tertiary/aromatic N) is 1. The van der Waals surface area contributed by atoms with Crippen LogP contribution >= 0.6 is 11.6 Å². The second-order valence-electron chi connectivity index (χ2n) is 6.31. The Hall–Kier alpha value is -1.27. The van der Waals surface area contributed by atoms with E-state index in [1.54, 1.807) is 29.2 Å². The van der Waals surface area contributed by atoms with Crippen molar-refractivity contribution in [2.75, 3.05) is 18.4 Å². The van der Waals surface area contributed by atoms with Crippen molar-refractivity contribution in [1.29, 1.82) is 0 Å². The number of hydrogen-bond acceptors (Lipinski definition) is 3. The molecule has 1 aliphatic heterocycles. The second-order valence-corrected chi connectivity index (χ2v) is 9.26. The first-order valence-electron chi connectivity index (χ1n) is 8.01. The second kappa shape index (κ2) is 6.69. The predicted molar refractivity (Wildman–Crippen MR) is 91.6 cm³/mol. The van der Waals surface area contributed by atoms with E-state index in [1.165, 1.54) is 0 Å². The molecule has 1 saturated heterocycles. The third-order valence-corrected chi connectivity index (χ3v) is 7.59. The van der Waals surface area contributed by atoms with E-state index >= 15 is 0 Å². The summed E-state index contributed by atoms with van der Waals surface area (Å²) in [6.45, 7) is 0.580. The maximum Gasteiger partial charge on any atom is 0.321 e. The summed E-state index contributed by atoms with van der Waals surface area (Å²) in [5.41, 5.74) is 0.651. The van der Waals surface area contributed by atoms with Gasteiger partial charge < -0.3 is 10.2 Å². The predicted octanol–water partition coefficient (Wildman–Crippen LogP) is 3.30. The van der Waals surface area contributed by atoms with Crippen molar-refractivity contribution < 1.29 is 13.2 Å². The highest BCUT2D eigenvalue weighted by atomic mass is 35.5. The molecular weight excluding hydrogens is 336 g/mol. The number of carbonyl (C=O) groups excluding carboxylic acids is 1. The van der Waals surface area contributed by atoms with E-state index in [0.29, 0.717) is 10.7 Å². The van der Waals surface area contributed by atoms with E-state index in [-0.39, 0.29) is 24.4 Å². The number of anilines is 1. The normalized spacial score (nSPS) is 20.1. The summed E-state index contributed by atoms with van der Waals surface area (Å²) in [6, 6.07) is 6.57. The number of amides is 2. The molecule has 2 amide bonds. The van der Waals surface area contributed by atoms with Crippen LogP contribution in [0, 0.1) is 0 Å². The molecule has 0 spiro atoms. The number of nitrogens with one attached hydrogen (secondary N) is 1. The molecule has 5 nitrogen and oxygen atoms in total. The van der Waals surface area contributed by atoms with E-state index in [4.69, 9.17) is 11.6 Å². The highest BCUT2D eigenvalue weighted by Crippen LogP contribution is 2.30. The molecule has 1 aromatic carbocycles. The van der Waals surface area contributed by atoms with Gasteiger partial charge in [0.15, 0.2) is 9.84 Å². The fourth-order valence-corrected chi connectivity index (χ4v) is 5.65. The van der Waals surface area contributed by atoms with E-state index in [9.17, 15) is 13.2 Å².